The van der Waals surface area contributed by atoms with Crippen molar-refractivity contribution >= 4 is 5.91 Å². The summed E-state index contributed by atoms with van der Waals surface area (Å²) in [5, 5.41) is 3.32. The van der Waals surface area contributed by atoms with Crippen molar-refractivity contribution < 1.29 is 9.53 Å². The molecule has 1 amide bonds. The third kappa shape index (κ3) is 1.85. The first-order chi connectivity index (χ1) is 9.41. The molecule has 0 aromatic carbocycles. The first-order valence-corrected chi connectivity index (χ1v) is 8.30. The SMILES string of the molecule is CCC[C@H]1OCCC23C[C@@H](C[C@H]12)C(C)(C)[C@@H]3NC(C)=O. The van der Waals surface area contributed by atoms with E-state index in [1.807, 2.05) is 0 Å². The van der Waals surface area contributed by atoms with Crippen molar-refractivity contribution in [2.24, 2.45) is 22.7 Å². The first kappa shape index (κ1) is 14.4. The van der Waals surface area contributed by atoms with Gasteiger partial charge in [0.25, 0.3) is 0 Å². The van der Waals surface area contributed by atoms with E-state index in [0.717, 1.165) is 18.9 Å². The molecular weight excluding hydrogens is 250 g/mol. The maximum absolute atomic E-state index is 11.7. The highest BCUT2D eigenvalue weighted by atomic mass is 16.5. The Kier molecular flexibility index (Phi) is 3.39. The van der Waals surface area contributed by atoms with E-state index in [-0.39, 0.29) is 11.3 Å². The van der Waals surface area contributed by atoms with Crippen molar-refractivity contribution in [3.05, 3.63) is 0 Å². The summed E-state index contributed by atoms with van der Waals surface area (Å²) in [5.74, 6) is 1.53. The Morgan fingerprint density at radius 1 is 1.40 bits per heavy atom. The third-order valence-electron chi connectivity index (χ3n) is 6.54. The molecule has 0 aromatic heterocycles. The van der Waals surface area contributed by atoms with Gasteiger partial charge in [0.2, 0.25) is 5.91 Å². The second-order valence-corrected chi connectivity index (χ2v) is 7.88. The van der Waals surface area contributed by atoms with E-state index >= 15 is 0 Å². The highest BCUT2D eigenvalue weighted by molar-refractivity contribution is 5.73. The minimum absolute atomic E-state index is 0.127. The molecule has 3 nitrogen and oxygen atoms in total. The smallest absolute Gasteiger partial charge is 0.217 e. The Hall–Kier alpha value is -0.570. The molecule has 2 aliphatic carbocycles. The number of hydrogen-bond acceptors (Lipinski definition) is 2. The largest absolute Gasteiger partial charge is 0.378 e. The number of fused-ring (bicyclic) bond motifs is 1. The number of nitrogens with one attached hydrogen (secondary N) is 1. The van der Waals surface area contributed by atoms with Crippen LogP contribution in [-0.2, 0) is 9.53 Å². The zero-order valence-electron chi connectivity index (χ0n) is 13.4. The van der Waals surface area contributed by atoms with Gasteiger partial charge in [0.1, 0.15) is 0 Å². The summed E-state index contributed by atoms with van der Waals surface area (Å²) >= 11 is 0. The summed E-state index contributed by atoms with van der Waals surface area (Å²) < 4.78 is 6.09. The Bertz CT molecular complexity index is 404. The molecule has 3 aliphatic rings. The van der Waals surface area contributed by atoms with E-state index in [2.05, 4.69) is 26.1 Å². The zero-order valence-corrected chi connectivity index (χ0v) is 13.4. The fraction of sp³-hybridized carbons (Fsp3) is 0.941. The van der Waals surface area contributed by atoms with Crippen LogP contribution in [0.1, 0.15) is 59.8 Å². The summed E-state index contributed by atoms with van der Waals surface area (Å²) in [6.45, 7) is 9.49. The van der Waals surface area contributed by atoms with Crippen molar-refractivity contribution in [3.63, 3.8) is 0 Å². The van der Waals surface area contributed by atoms with Crippen LogP contribution < -0.4 is 5.32 Å². The maximum Gasteiger partial charge on any atom is 0.217 e. The van der Waals surface area contributed by atoms with E-state index in [1.165, 1.54) is 25.7 Å². The van der Waals surface area contributed by atoms with Gasteiger partial charge >= 0.3 is 0 Å². The fourth-order valence-electron chi connectivity index (χ4n) is 5.68. The molecule has 3 fully saturated rings. The average molecular weight is 279 g/mol. The van der Waals surface area contributed by atoms with Gasteiger partial charge in [0.15, 0.2) is 0 Å². The molecule has 1 N–H and O–H groups in total. The molecule has 1 unspecified atom stereocenters. The molecule has 0 radical (unpaired) electrons. The minimum atomic E-state index is 0.127. The van der Waals surface area contributed by atoms with Crippen molar-refractivity contribution in [1.29, 1.82) is 0 Å². The molecule has 20 heavy (non-hydrogen) atoms. The molecule has 3 rings (SSSR count). The van der Waals surface area contributed by atoms with Crippen LogP contribution in [-0.4, -0.2) is 24.7 Å². The van der Waals surface area contributed by atoms with Crippen LogP contribution in [0.3, 0.4) is 0 Å². The summed E-state index contributed by atoms with van der Waals surface area (Å²) in [6.07, 6.45) is 6.50. The van der Waals surface area contributed by atoms with Gasteiger partial charge in [-0.25, -0.2) is 0 Å². The third-order valence-corrected chi connectivity index (χ3v) is 6.54. The van der Waals surface area contributed by atoms with Gasteiger partial charge in [0, 0.05) is 19.6 Å². The quantitative estimate of drug-likeness (QED) is 0.862. The highest BCUT2D eigenvalue weighted by Crippen LogP contribution is 2.68. The molecule has 1 spiro atoms. The second-order valence-electron chi connectivity index (χ2n) is 7.88. The standard InChI is InChI=1S/C17H29NO2/c1-5-6-14-13-9-12-10-17(13,7-8-20-14)15(16(12,3)4)18-11(2)19/h12-15H,5-10H2,1-4H3,(H,18,19)/t12-,13-,14-,15+,17?/m1/s1. The minimum Gasteiger partial charge on any atom is -0.378 e. The van der Waals surface area contributed by atoms with Crippen LogP contribution in [0.2, 0.25) is 0 Å². The summed E-state index contributed by atoms with van der Waals surface area (Å²) in [5.41, 5.74) is 0.536. The van der Waals surface area contributed by atoms with Crippen molar-refractivity contribution in [3.8, 4) is 0 Å². The molecule has 3 heteroatoms. The van der Waals surface area contributed by atoms with Gasteiger partial charge in [0.05, 0.1) is 6.10 Å². The highest BCUT2D eigenvalue weighted by Gasteiger charge is 2.68. The average Bonchev–Trinajstić information content (AvgIpc) is 2.84. The predicted molar refractivity (Wildman–Crippen MR) is 79.3 cm³/mol. The van der Waals surface area contributed by atoms with E-state index < -0.39 is 0 Å². The van der Waals surface area contributed by atoms with Gasteiger partial charge in [-0.3, -0.25) is 4.79 Å². The summed E-state index contributed by atoms with van der Waals surface area (Å²) in [4.78, 5) is 11.7. The lowest BCUT2D eigenvalue weighted by Gasteiger charge is -2.53. The second kappa shape index (κ2) is 4.72. The van der Waals surface area contributed by atoms with Crippen LogP contribution in [0.4, 0.5) is 0 Å². The Balaban J connectivity index is 1.92. The molecule has 2 saturated carbocycles. The van der Waals surface area contributed by atoms with Crippen LogP contribution in [0, 0.1) is 22.7 Å². The van der Waals surface area contributed by atoms with E-state index in [1.54, 1.807) is 6.92 Å². The molecule has 1 saturated heterocycles. The van der Waals surface area contributed by atoms with Gasteiger partial charge in [-0.2, -0.15) is 0 Å². The number of hydrogen-bond donors (Lipinski definition) is 1. The topological polar surface area (TPSA) is 38.3 Å². The van der Waals surface area contributed by atoms with E-state index in [4.69, 9.17) is 4.74 Å². The van der Waals surface area contributed by atoms with Crippen LogP contribution >= 0.6 is 0 Å². The molecule has 0 aromatic rings. The summed E-state index contributed by atoms with van der Waals surface area (Å²) in [6, 6.07) is 0.333. The number of ether oxygens (including phenoxy) is 1. The lowest BCUT2D eigenvalue weighted by molar-refractivity contribution is -0.135. The van der Waals surface area contributed by atoms with Crippen LogP contribution in [0.25, 0.3) is 0 Å². The molecule has 114 valence electrons. The predicted octanol–water partition coefficient (Wildman–Crippen LogP) is 3.13. The lowest BCUT2D eigenvalue weighted by atomic mass is 9.59. The number of carbonyl (C=O) groups excluding carboxylic acids is 1. The van der Waals surface area contributed by atoms with Gasteiger partial charge in [-0.05, 0) is 48.3 Å². The first-order valence-electron chi connectivity index (χ1n) is 8.30. The van der Waals surface area contributed by atoms with E-state index in [0.29, 0.717) is 23.5 Å². The van der Waals surface area contributed by atoms with Crippen LogP contribution in [0.15, 0.2) is 0 Å². The van der Waals surface area contributed by atoms with Crippen LogP contribution in [0.5, 0.6) is 0 Å². The van der Waals surface area contributed by atoms with Gasteiger partial charge in [-0.1, -0.05) is 27.2 Å². The van der Waals surface area contributed by atoms with Crippen molar-refractivity contribution in [1.82, 2.24) is 5.32 Å². The lowest BCUT2D eigenvalue weighted by Crippen LogP contribution is -2.60. The molecule has 1 aliphatic heterocycles. The number of amides is 1. The number of rotatable bonds is 3. The molecule has 2 bridgehead atoms. The van der Waals surface area contributed by atoms with Crippen molar-refractivity contribution in [2.45, 2.75) is 71.9 Å². The van der Waals surface area contributed by atoms with E-state index in [9.17, 15) is 4.79 Å². The summed E-state index contributed by atoms with van der Waals surface area (Å²) in [7, 11) is 0. The Labute approximate surface area is 122 Å². The monoisotopic (exact) mass is 279 g/mol. The van der Waals surface area contributed by atoms with Crippen molar-refractivity contribution in [2.75, 3.05) is 6.61 Å². The molecule has 5 atom stereocenters. The maximum atomic E-state index is 11.7. The fourth-order valence-corrected chi connectivity index (χ4v) is 5.68. The number of carbonyl (C=O) groups is 1. The van der Waals surface area contributed by atoms with Gasteiger partial charge < -0.3 is 10.1 Å². The van der Waals surface area contributed by atoms with Gasteiger partial charge in [-0.15, -0.1) is 0 Å². The molecule has 1 heterocycles. The zero-order chi connectivity index (χ0) is 14.5. The Morgan fingerprint density at radius 3 is 2.80 bits per heavy atom. The Morgan fingerprint density at radius 2 is 2.15 bits per heavy atom. The molecular formula is C17H29NO2. The normalized spacial score (nSPS) is 45.2.